The van der Waals surface area contributed by atoms with Crippen LogP contribution in [-0.2, 0) is 10.0 Å². The largest absolute Gasteiger partial charge is 0.497 e. The molecule has 0 aliphatic carbocycles. The molecular weight excluding hydrogens is 352 g/mol. The molecule has 2 heterocycles. The van der Waals surface area contributed by atoms with E-state index in [1.165, 1.54) is 0 Å². The molecule has 0 amide bonds. The van der Waals surface area contributed by atoms with Gasteiger partial charge in [-0.2, -0.15) is 0 Å². The third-order valence-electron chi connectivity index (χ3n) is 4.72. The van der Waals surface area contributed by atoms with E-state index in [4.69, 9.17) is 4.74 Å². The minimum atomic E-state index is -3.52. The zero-order valence-corrected chi connectivity index (χ0v) is 15.9. The molecule has 8 heteroatoms. The summed E-state index contributed by atoms with van der Waals surface area (Å²) in [7, 11) is -1.96. The van der Waals surface area contributed by atoms with Crippen LogP contribution < -0.4 is 14.4 Å². The van der Waals surface area contributed by atoms with Crippen LogP contribution >= 0.6 is 0 Å². The van der Waals surface area contributed by atoms with Crippen LogP contribution in [0.3, 0.4) is 0 Å². The summed E-state index contributed by atoms with van der Waals surface area (Å²) < 4.78 is 33.1. The van der Waals surface area contributed by atoms with Crippen LogP contribution in [0.2, 0.25) is 0 Å². The highest BCUT2D eigenvalue weighted by Gasteiger charge is 2.23. The van der Waals surface area contributed by atoms with Crippen LogP contribution in [0.1, 0.15) is 18.4 Å². The summed E-state index contributed by atoms with van der Waals surface area (Å²) >= 11 is 0. The van der Waals surface area contributed by atoms with Gasteiger partial charge in [-0.3, -0.25) is 4.98 Å². The first-order valence-corrected chi connectivity index (χ1v) is 10.1. The molecule has 0 atom stereocenters. The average Bonchev–Trinajstić information content (AvgIpc) is 2.67. The smallest absolute Gasteiger partial charge is 0.240 e. The molecule has 3 rings (SSSR count). The minimum absolute atomic E-state index is 0.301. The summed E-state index contributed by atoms with van der Waals surface area (Å²) in [6.07, 6.45) is 6.94. The zero-order valence-electron chi connectivity index (χ0n) is 15.1. The maximum Gasteiger partial charge on any atom is 0.240 e. The van der Waals surface area contributed by atoms with E-state index < -0.39 is 10.0 Å². The fourth-order valence-electron chi connectivity index (χ4n) is 3.18. The van der Waals surface area contributed by atoms with Gasteiger partial charge in [0, 0.05) is 32.0 Å². The number of ether oxygens (including phenoxy) is 1. The van der Waals surface area contributed by atoms with Gasteiger partial charge in [-0.05, 0) is 49.4 Å². The minimum Gasteiger partial charge on any atom is -0.497 e. The molecule has 1 N–H and O–H groups in total. The Balaban J connectivity index is 1.56. The van der Waals surface area contributed by atoms with E-state index >= 15 is 0 Å². The van der Waals surface area contributed by atoms with Crippen molar-refractivity contribution in [3.8, 4) is 5.75 Å². The Morgan fingerprint density at radius 1 is 1.27 bits per heavy atom. The van der Waals surface area contributed by atoms with Crippen LogP contribution in [0.4, 0.5) is 5.82 Å². The number of hydrogen-bond donors (Lipinski definition) is 1. The van der Waals surface area contributed by atoms with Crippen molar-refractivity contribution in [2.75, 3.05) is 31.6 Å². The van der Waals surface area contributed by atoms with Crippen molar-refractivity contribution < 1.29 is 13.2 Å². The SMILES string of the molecule is COc1ccc(S(=O)(=O)NCC2CCN(c3cnccn3)CC2)c(C)c1. The molecular formula is C18H24N4O3S. The number of nitrogens with one attached hydrogen (secondary N) is 1. The lowest BCUT2D eigenvalue weighted by Gasteiger charge is -2.32. The van der Waals surface area contributed by atoms with Gasteiger partial charge in [-0.1, -0.05) is 0 Å². The summed E-state index contributed by atoms with van der Waals surface area (Å²) in [5.74, 6) is 1.84. The van der Waals surface area contributed by atoms with Crippen molar-refractivity contribution in [1.82, 2.24) is 14.7 Å². The zero-order chi connectivity index (χ0) is 18.6. The highest BCUT2D eigenvalue weighted by Crippen LogP contribution is 2.23. The second kappa shape index (κ2) is 8.01. The molecule has 1 aliphatic heterocycles. The lowest BCUT2D eigenvalue weighted by Crippen LogP contribution is -2.39. The number of piperidine rings is 1. The van der Waals surface area contributed by atoms with Crippen LogP contribution in [0.25, 0.3) is 0 Å². The lowest BCUT2D eigenvalue weighted by molar-refractivity contribution is 0.400. The van der Waals surface area contributed by atoms with Gasteiger partial charge in [-0.25, -0.2) is 18.1 Å². The lowest BCUT2D eigenvalue weighted by atomic mass is 9.97. The Bertz CT molecular complexity index is 835. The third-order valence-corrected chi connectivity index (χ3v) is 6.31. The first kappa shape index (κ1) is 18.6. The van der Waals surface area contributed by atoms with Crippen molar-refractivity contribution in [2.45, 2.75) is 24.7 Å². The number of methoxy groups -OCH3 is 1. The number of benzene rings is 1. The van der Waals surface area contributed by atoms with Crippen molar-refractivity contribution >= 4 is 15.8 Å². The number of sulfonamides is 1. The van der Waals surface area contributed by atoms with Gasteiger partial charge in [0.25, 0.3) is 0 Å². The fraction of sp³-hybridized carbons (Fsp3) is 0.444. The van der Waals surface area contributed by atoms with Gasteiger partial charge < -0.3 is 9.64 Å². The van der Waals surface area contributed by atoms with Crippen LogP contribution in [0.15, 0.2) is 41.7 Å². The van der Waals surface area contributed by atoms with Crippen molar-refractivity contribution in [1.29, 1.82) is 0 Å². The van der Waals surface area contributed by atoms with Crippen molar-refractivity contribution in [3.05, 3.63) is 42.4 Å². The normalized spacial score (nSPS) is 15.8. The Kier molecular flexibility index (Phi) is 5.73. The number of anilines is 1. The van der Waals surface area contributed by atoms with Crippen LogP contribution in [0, 0.1) is 12.8 Å². The second-order valence-corrected chi connectivity index (χ2v) is 8.21. The van der Waals surface area contributed by atoms with Gasteiger partial charge in [0.05, 0.1) is 18.2 Å². The topological polar surface area (TPSA) is 84.4 Å². The first-order chi connectivity index (χ1) is 12.5. The molecule has 1 fully saturated rings. The van der Waals surface area contributed by atoms with E-state index in [0.717, 1.165) is 31.7 Å². The van der Waals surface area contributed by atoms with E-state index in [9.17, 15) is 8.42 Å². The highest BCUT2D eigenvalue weighted by atomic mass is 32.2. The van der Waals surface area contributed by atoms with Crippen molar-refractivity contribution in [3.63, 3.8) is 0 Å². The van der Waals surface area contributed by atoms with Crippen LogP contribution in [-0.4, -0.2) is 45.1 Å². The molecule has 1 aliphatic rings. The monoisotopic (exact) mass is 376 g/mol. The molecule has 1 aromatic heterocycles. The van der Waals surface area contributed by atoms with Gasteiger partial charge in [-0.15, -0.1) is 0 Å². The molecule has 0 bridgehead atoms. The number of hydrogen-bond acceptors (Lipinski definition) is 6. The van der Waals surface area contributed by atoms with Crippen LogP contribution in [0.5, 0.6) is 5.75 Å². The number of rotatable bonds is 6. The van der Waals surface area contributed by atoms with Gasteiger partial charge in [0.1, 0.15) is 11.6 Å². The van der Waals surface area contributed by atoms with E-state index in [2.05, 4.69) is 19.6 Å². The van der Waals surface area contributed by atoms with Gasteiger partial charge in [0.15, 0.2) is 0 Å². The van der Waals surface area contributed by atoms with Gasteiger partial charge in [0.2, 0.25) is 10.0 Å². The molecule has 0 saturated carbocycles. The number of aryl methyl sites for hydroxylation is 1. The second-order valence-electron chi connectivity index (χ2n) is 6.48. The first-order valence-electron chi connectivity index (χ1n) is 8.65. The molecule has 26 heavy (non-hydrogen) atoms. The predicted octanol–water partition coefficient (Wildman–Crippen LogP) is 1.99. The summed E-state index contributed by atoms with van der Waals surface area (Å²) in [4.78, 5) is 10.9. The third kappa shape index (κ3) is 4.31. The molecule has 2 aromatic rings. The summed E-state index contributed by atoms with van der Waals surface area (Å²) in [5, 5.41) is 0. The molecule has 1 saturated heterocycles. The summed E-state index contributed by atoms with van der Waals surface area (Å²) in [6.45, 7) is 3.93. The maximum absolute atomic E-state index is 12.6. The van der Waals surface area contributed by atoms with E-state index in [0.29, 0.717) is 28.7 Å². The Morgan fingerprint density at radius 3 is 2.65 bits per heavy atom. The van der Waals surface area contributed by atoms with E-state index in [1.54, 1.807) is 50.8 Å². The quantitative estimate of drug-likeness (QED) is 0.830. The predicted molar refractivity (Wildman–Crippen MR) is 99.9 cm³/mol. The Morgan fingerprint density at radius 2 is 2.04 bits per heavy atom. The number of nitrogens with zero attached hydrogens (tertiary/aromatic N) is 3. The number of aromatic nitrogens is 2. The summed E-state index contributed by atoms with van der Waals surface area (Å²) in [5.41, 5.74) is 0.675. The molecule has 0 unspecified atom stereocenters. The molecule has 7 nitrogen and oxygen atoms in total. The van der Waals surface area contributed by atoms with Gasteiger partial charge >= 0.3 is 0 Å². The fourth-order valence-corrected chi connectivity index (χ4v) is 4.52. The maximum atomic E-state index is 12.6. The highest BCUT2D eigenvalue weighted by molar-refractivity contribution is 7.89. The molecule has 1 aromatic carbocycles. The molecule has 0 radical (unpaired) electrons. The molecule has 140 valence electrons. The van der Waals surface area contributed by atoms with E-state index in [-0.39, 0.29) is 0 Å². The molecule has 0 spiro atoms. The van der Waals surface area contributed by atoms with E-state index in [1.807, 2.05) is 0 Å². The Labute approximate surface area is 154 Å². The average molecular weight is 376 g/mol. The Hall–Kier alpha value is -2.19. The van der Waals surface area contributed by atoms with Crippen molar-refractivity contribution in [2.24, 2.45) is 5.92 Å². The standard InChI is InChI=1S/C18H24N4O3S/c1-14-11-16(25-2)3-4-17(14)26(23,24)21-12-15-5-9-22(10-6-15)18-13-19-7-8-20-18/h3-4,7-8,11,13,15,21H,5-6,9-10,12H2,1-2H3. The summed E-state index contributed by atoms with van der Waals surface area (Å²) in [6, 6.07) is 4.99.